The van der Waals surface area contributed by atoms with Gasteiger partial charge in [0, 0.05) is 11.1 Å². The number of aliphatic hydroxyl groups is 1. The Labute approximate surface area is 89.9 Å². The Kier molecular flexibility index (Phi) is 2.54. The number of nitrogen functional groups attached to an aromatic ring is 1. The maximum absolute atomic E-state index is 10.0. The molecule has 0 saturated heterocycles. The van der Waals surface area contributed by atoms with E-state index in [1.165, 1.54) is 11.3 Å². The topological polar surface area (TPSA) is 59.1 Å². The van der Waals surface area contributed by atoms with E-state index in [1.807, 2.05) is 18.4 Å². The molecule has 1 atom stereocenters. The first kappa shape index (κ1) is 9.64. The van der Waals surface area contributed by atoms with E-state index in [9.17, 15) is 5.11 Å². The maximum atomic E-state index is 10.0. The van der Waals surface area contributed by atoms with Crippen LogP contribution in [0.3, 0.4) is 0 Å². The summed E-state index contributed by atoms with van der Waals surface area (Å²) < 4.78 is 0. The fourth-order valence-electron chi connectivity index (χ4n) is 1.22. The van der Waals surface area contributed by atoms with Crippen LogP contribution in [-0.4, -0.2) is 10.1 Å². The van der Waals surface area contributed by atoms with Crippen molar-refractivity contribution in [1.82, 2.24) is 4.98 Å². The van der Waals surface area contributed by atoms with Crippen molar-refractivity contribution in [3.05, 3.63) is 33.0 Å². The van der Waals surface area contributed by atoms with Crippen LogP contribution < -0.4 is 5.73 Å². The number of thiophene rings is 1. The molecule has 2 aromatic heterocycles. The van der Waals surface area contributed by atoms with E-state index in [2.05, 4.69) is 4.98 Å². The molecule has 2 rings (SSSR count). The zero-order chi connectivity index (χ0) is 10.1. The molecule has 0 radical (unpaired) electrons. The summed E-state index contributed by atoms with van der Waals surface area (Å²) in [5, 5.41) is 12.5. The summed E-state index contributed by atoms with van der Waals surface area (Å²) in [6.45, 7) is 1.99. The highest BCUT2D eigenvalue weighted by Gasteiger charge is 2.16. The van der Waals surface area contributed by atoms with Gasteiger partial charge in [-0.25, -0.2) is 4.98 Å². The van der Waals surface area contributed by atoms with Crippen LogP contribution in [0.1, 0.15) is 21.4 Å². The molecular weight excluding hydrogens is 216 g/mol. The lowest BCUT2D eigenvalue weighted by molar-refractivity contribution is 0.227. The molecule has 2 heterocycles. The molecule has 0 spiro atoms. The van der Waals surface area contributed by atoms with Gasteiger partial charge in [-0.2, -0.15) is 0 Å². The van der Waals surface area contributed by atoms with Crippen molar-refractivity contribution in [2.24, 2.45) is 0 Å². The molecule has 0 aliphatic carbocycles. The van der Waals surface area contributed by atoms with Gasteiger partial charge in [0.25, 0.3) is 0 Å². The van der Waals surface area contributed by atoms with Crippen LogP contribution in [0.4, 0.5) is 5.13 Å². The van der Waals surface area contributed by atoms with Gasteiger partial charge in [0.05, 0.1) is 4.88 Å². The van der Waals surface area contributed by atoms with Crippen LogP contribution >= 0.6 is 22.7 Å². The summed E-state index contributed by atoms with van der Waals surface area (Å²) in [4.78, 5) is 5.68. The van der Waals surface area contributed by atoms with Crippen molar-refractivity contribution in [2.45, 2.75) is 13.0 Å². The van der Waals surface area contributed by atoms with Crippen molar-refractivity contribution in [3.8, 4) is 0 Å². The van der Waals surface area contributed by atoms with Gasteiger partial charge < -0.3 is 10.8 Å². The molecule has 5 heteroatoms. The molecule has 0 saturated carbocycles. The average molecular weight is 226 g/mol. The van der Waals surface area contributed by atoms with E-state index in [4.69, 9.17) is 5.73 Å². The first-order chi connectivity index (χ1) is 6.68. The highest BCUT2D eigenvalue weighted by molar-refractivity contribution is 7.15. The molecule has 0 aromatic carbocycles. The number of nitrogens with zero attached hydrogens (tertiary/aromatic N) is 1. The smallest absolute Gasteiger partial charge is 0.180 e. The molecule has 14 heavy (non-hydrogen) atoms. The van der Waals surface area contributed by atoms with Gasteiger partial charge in [-0.3, -0.25) is 0 Å². The van der Waals surface area contributed by atoms with Gasteiger partial charge in [0.15, 0.2) is 5.13 Å². The monoisotopic (exact) mass is 226 g/mol. The lowest BCUT2D eigenvalue weighted by Crippen LogP contribution is -1.95. The molecule has 3 N–H and O–H groups in total. The largest absolute Gasteiger partial charge is 0.382 e. The first-order valence-electron chi connectivity index (χ1n) is 4.11. The summed E-state index contributed by atoms with van der Waals surface area (Å²) in [6.07, 6.45) is 1.05. The van der Waals surface area contributed by atoms with E-state index in [1.54, 1.807) is 17.5 Å². The Balaban J connectivity index is 2.33. The Hall–Kier alpha value is -0.910. The molecule has 74 valence electrons. The molecular formula is C9H10N2OS2. The minimum absolute atomic E-state index is 0.494. The lowest BCUT2D eigenvalue weighted by atomic mass is 10.2. The summed E-state index contributed by atoms with van der Waals surface area (Å²) in [5.41, 5.74) is 6.61. The number of hydrogen-bond donors (Lipinski definition) is 2. The number of hydrogen-bond acceptors (Lipinski definition) is 5. The number of rotatable bonds is 2. The second-order valence-electron chi connectivity index (χ2n) is 2.97. The number of anilines is 1. The number of aliphatic hydroxyl groups excluding tert-OH is 1. The third kappa shape index (κ3) is 1.66. The number of aryl methyl sites for hydroxylation is 1. The Morgan fingerprint density at radius 3 is 2.86 bits per heavy atom. The van der Waals surface area contributed by atoms with Crippen LogP contribution in [0.2, 0.25) is 0 Å². The molecule has 3 nitrogen and oxygen atoms in total. The molecule has 1 unspecified atom stereocenters. The highest BCUT2D eigenvalue weighted by Crippen LogP contribution is 2.32. The normalized spacial score (nSPS) is 13.0. The summed E-state index contributed by atoms with van der Waals surface area (Å²) >= 11 is 2.88. The predicted molar refractivity (Wildman–Crippen MR) is 59.6 cm³/mol. The van der Waals surface area contributed by atoms with Gasteiger partial charge in [-0.05, 0) is 23.9 Å². The minimum atomic E-state index is -0.579. The lowest BCUT2D eigenvalue weighted by Gasteiger charge is -2.06. The Morgan fingerprint density at radius 1 is 1.57 bits per heavy atom. The van der Waals surface area contributed by atoms with E-state index in [0.29, 0.717) is 5.13 Å². The second kappa shape index (κ2) is 3.68. The van der Waals surface area contributed by atoms with Gasteiger partial charge in [-0.1, -0.05) is 11.3 Å². The van der Waals surface area contributed by atoms with Crippen molar-refractivity contribution in [3.63, 3.8) is 0 Å². The molecule has 0 aliphatic rings. The second-order valence-corrected chi connectivity index (χ2v) is 5.01. The zero-order valence-electron chi connectivity index (χ0n) is 7.60. The average Bonchev–Trinajstić information content (AvgIpc) is 2.73. The Bertz CT molecular complexity index is 435. The summed E-state index contributed by atoms with van der Waals surface area (Å²) in [7, 11) is 0. The van der Waals surface area contributed by atoms with Gasteiger partial charge >= 0.3 is 0 Å². The fourth-order valence-corrected chi connectivity index (χ4v) is 2.91. The highest BCUT2D eigenvalue weighted by atomic mass is 32.1. The zero-order valence-corrected chi connectivity index (χ0v) is 9.23. The van der Waals surface area contributed by atoms with Crippen molar-refractivity contribution in [1.29, 1.82) is 0 Å². The quantitative estimate of drug-likeness (QED) is 0.825. The fraction of sp³-hybridized carbons (Fsp3) is 0.222. The van der Waals surface area contributed by atoms with Crippen LogP contribution in [0.5, 0.6) is 0 Å². The van der Waals surface area contributed by atoms with Gasteiger partial charge in [0.1, 0.15) is 6.10 Å². The number of thiazole rings is 1. The Morgan fingerprint density at radius 2 is 2.36 bits per heavy atom. The molecule has 0 aliphatic heterocycles. The van der Waals surface area contributed by atoms with E-state index in [-0.39, 0.29) is 0 Å². The van der Waals surface area contributed by atoms with Crippen LogP contribution in [-0.2, 0) is 0 Å². The van der Waals surface area contributed by atoms with Crippen molar-refractivity contribution < 1.29 is 5.11 Å². The molecule has 0 amide bonds. The van der Waals surface area contributed by atoms with Crippen LogP contribution in [0.25, 0.3) is 0 Å². The third-order valence-corrected chi connectivity index (χ3v) is 3.91. The van der Waals surface area contributed by atoms with E-state index in [0.717, 1.165) is 15.3 Å². The maximum Gasteiger partial charge on any atom is 0.180 e. The molecule has 2 aromatic rings. The minimum Gasteiger partial charge on any atom is -0.382 e. The van der Waals surface area contributed by atoms with Crippen LogP contribution in [0, 0.1) is 6.92 Å². The van der Waals surface area contributed by atoms with E-state index >= 15 is 0 Å². The molecule has 0 fully saturated rings. The number of nitrogens with two attached hydrogens (primary N) is 1. The van der Waals surface area contributed by atoms with Crippen molar-refractivity contribution >= 4 is 27.8 Å². The van der Waals surface area contributed by atoms with Gasteiger partial charge in [-0.15, -0.1) is 11.3 Å². The van der Waals surface area contributed by atoms with Crippen LogP contribution in [0.15, 0.2) is 17.6 Å². The predicted octanol–water partition coefficient (Wildman–Crippen LogP) is 2.18. The third-order valence-electron chi connectivity index (χ3n) is 1.96. The SMILES string of the molecule is Cc1ccsc1C(O)c1cnc(N)s1. The number of aromatic nitrogens is 1. The van der Waals surface area contributed by atoms with Gasteiger partial charge in [0.2, 0.25) is 0 Å². The first-order valence-corrected chi connectivity index (χ1v) is 5.81. The van der Waals surface area contributed by atoms with Crippen molar-refractivity contribution in [2.75, 3.05) is 5.73 Å². The standard InChI is InChI=1S/C9H10N2OS2/c1-5-2-3-13-8(5)7(12)6-4-11-9(10)14-6/h2-4,7,12H,1H3,(H2,10,11). The molecule has 0 bridgehead atoms. The summed E-state index contributed by atoms with van der Waals surface area (Å²) in [5.74, 6) is 0. The van der Waals surface area contributed by atoms with E-state index < -0.39 is 6.10 Å². The summed E-state index contributed by atoms with van der Waals surface area (Å²) in [6, 6.07) is 1.99.